The highest BCUT2D eigenvalue weighted by Crippen LogP contribution is 2.32. The van der Waals surface area contributed by atoms with E-state index in [1.165, 1.54) is 0 Å². The van der Waals surface area contributed by atoms with Crippen LogP contribution in [-0.4, -0.2) is 29.7 Å². The Hall–Kier alpha value is -5.75. The first-order valence-corrected chi connectivity index (χ1v) is 13.3. The molecule has 41 heavy (non-hydrogen) atoms. The number of aromatic nitrogens is 6. The lowest BCUT2D eigenvalue weighted by atomic mass is 10.0. The Balaban J connectivity index is 1.31. The van der Waals surface area contributed by atoms with E-state index in [9.17, 15) is 0 Å². The second kappa shape index (κ2) is 10.8. The Morgan fingerprint density at radius 2 is 0.683 bits per heavy atom. The van der Waals surface area contributed by atoms with Gasteiger partial charge in [-0.3, -0.25) is 19.5 Å². The first kappa shape index (κ1) is 24.3. The molecule has 7 rings (SSSR count). The molecule has 0 N–H and O–H groups in total. The van der Waals surface area contributed by atoms with Gasteiger partial charge < -0.3 is 0 Å². The van der Waals surface area contributed by atoms with E-state index in [0.717, 1.165) is 61.8 Å². The monoisotopic (exact) mass is 528 g/mol. The Labute approximate surface area is 237 Å². The molecule has 0 radical (unpaired) electrons. The molecule has 4 aromatic heterocycles. The maximum absolute atomic E-state index is 4.68. The average molecular weight is 529 g/mol. The van der Waals surface area contributed by atoms with Gasteiger partial charge in [0.05, 0.1) is 0 Å². The van der Waals surface area contributed by atoms with Crippen LogP contribution >= 0.6 is 0 Å². The van der Waals surface area contributed by atoms with E-state index in [2.05, 4.69) is 121 Å². The quantitative estimate of drug-likeness (QED) is 0.220. The summed E-state index contributed by atoms with van der Waals surface area (Å²) in [5.74, 6) is 1.53. The maximum atomic E-state index is 4.68. The zero-order valence-corrected chi connectivity index (χ0v) is 22.0. The van der Waals surface area contributed by atoms with Crippen molar-refractivity contribution in [2.24, 2.45) is 0 Å². The highest BCUT2D eigenvalue weighted by atomic mass is 15.3. The normalized spacial score (nSPS) is 10.9. The fourth-order valence-corrected chi connectivity index (χ4v) is 4.93. The SMILES string of the molecule is c1cncc(-c2ccc(-c3nnc(-c4ccc(-c5cccnc5)cc4)n3-c3ccc(-c4cccnc4)cc3)cc2)c1. The Morgan fingerprint density at radius 3 is 1.02 bits per heavy atom. The first-order valence-electron chi connectivity index (χ1n) is 13.3. The fourth-order valence-electron chi connectivity index (χ4n) is 4.93. The molecule has 0 spiro atoms. The van der Waals surface area contributed by atoms with Crippen LogP contribution in [0.2, 0.25) is 0 Å². The van der Waals surface area contributed by atoms with Crippen molar-refractivity contribution in [3.8, 4) is 61.8 Å². The van der Waals surface area contributed by atoms with Gasteiger partial charge in [-0.2, -0.15) is 0 Å². The van der Waals surface area contributed by atoms with Gasteiger partial charge in [0.1, 0.15) is 0 Å². The van der Waals surface area contributed by atoms with Crippen molar-refractivity contribution in [1.82, 2.24) is 29.7 Å². The van der Waals surface area contributed by atoms with E-state index in [-0.39, 0.29) is 0 Å². The van der Waals surface area contributed by atoms with Crippen LogP contribution in [0.4, 0.5) is 0 Å². The van der Waals surface area contributed by atoms with E-state index >= 15 is 0 Å². The molecule has 0 saturated heterocycles. The summed E-state index contributed by atoms with van der Waals surface area (Å²) in [7, 11) is 0. The number of hydrogen-bond acceptors (Lipinski definition) is 5. The topological polar surface area (TPSA) is 69.4 Å². The van der Waals surface area contributed by atoms with Gasteiger partial charge in [-0.15, -0.1) is 10.2 Å². The van der Waals surface area contributed by atoms with E-state index in [4.69, 9.17) is 0 Å². The van der Waals surface area contributed by atoms with Crippen molar-refractivity contribution in [1.29, 1.82) is 0 Å². The number of hydrogen-bond donors (Lipinski definition) is 0. The molecule has 0 aliphatic heterocycles. The summed E-state index contributed by atoms with van der Waals surface area (Å²) in [6, 6.07) is 37.2. The maximum Gasteiger partial charge on any atom is 0.168 e. The molecule has 3 aromatic carbocycles. The van der Waals surface area contributed by atoms with Gasteiger partial charge in [0.25, 0.3) is 0 Å². The van der Waals surface area contributed by atoms with Crippen LogP contribution in [0.1, 0.15) is 0 Å². The second-order valence-electron chi connectivity index (χ2n) is 9.61. The molecule has 0 fully saturated rings. The van der Waals surface area contributed by atoms with Crippen LogP contribution < -0.4 is 0 Å². The lowest BCUT2D eigenvalue weighted by Gasteiger charge is -2.13. The molecular formula is C35H24N6. The highest BCUT2D eigenvalue weighted by Gasteiger charge is 2.18. The zero-order chi connectivity index (χ0) is 27.4. The average Bonchev–Trinajstić information content (AvgIpc) is 3.51. The lowest BCUT2D eigenvalue weighted by molar-refractivity contribution is 1.07. The van der Waals surface area contributed by atoms with Crippen molar-refractivity contribution in [3.05, 3.63) is 146 Å². The molecule has 6 nitrogen and oxygen atoms in total. The third-order valence-electron chi connectivity index (χ3n) is 7.06. The van der Waals surface area contributed by atoms with Gasteiger partial charge in [-0.25, -0.2) is 0 Å². The molecule has 194 valence electrons. The van der Waals surface area contributed by atoms with Crippen LogP contribution in [0.5, 0.6) is 0 Å². The van der Waals surface area contributed by atoms with Crippen LogP contribution in [0.25, 0.3) is 61.8 Å². The molecule has 7 aromatic rings. The molecule has 4 heterocycles. The van der Waals surface area contributed by atoms with Crippen LogP contribution in [0.3, 0.4) is 0 Å². The summed E-state index contributed by atoms with van der Waals surface area (Å²) >= 11 is 0. The van der Waals surface area contributed by atoms with Crippen molar-refractivity contribution in [2.45, 2.75) is 0 Å². The molecule has 0 amide bonds. The predicted octanol–water partition coefficient (Wildman–Crippen LogP) is 7.79. The van der Waals surface area contributed by atoms with Crippen molar-refractivity contribution < 1.29 is 0 Å². The predicted molar refractivity (Wildman–Crippen MR) is 162 cm³/mol. The Kier molecular flexibility index (Phi) is 6.39. The zero-order valence-electron chi connectivity index (χ0n) is 22.0. The lowest BCUT2D eigenvalue weighted by Crippen LogP contribution is -2.00. The molecule has 0 unspecified atom stereocenters. The number of rotatable bonds is 6. The molecule has 0 atom stereocenters. The molecule has 0 bridgehead atoms. The third kappa shape index (κ3) is 4.90. The third-order valence-corrected chi connectivity index (χ3v) is 7.06. The van der Waals surface area contributed by atoms with E-state index in [1.54, 1.807) is 18.6 Å². The number of benzene rings is 3. The van der Waals surface area contributed by atoms with E-state index in [0.29, 0.717) is 0 Å². The van der Waals surface area contributed by atoms with Gasteiger partial charge in [-0.05, 0) is 63.7 Å². The van der Waals surface area contributed by atoms with Crippen molar-refractivity contribution in [3.63, 3.8) is 0 Å². The summed E-state index contributed by atoms with van der Waals surface area (Å²) in [4.78, 5) is 12.8. The van der Waals surface area contributed by atoms with Gasteiger partial charge in [-0.1, -0.05) is 78.9 Å². The minimum Gasteiger partial charge on any atom is -0.275 e. The smallest absolute Gasteiger partial charge is 0.168 e. The molecular weight excluding hydrogens is 504 g/mol. The van der Waals surface area contributed by atoms with E-state index in [1.807, 2.05) is 36.8 Å². The summed E-state index contributed by atoms with van der Waals surface area (Å²) in [5.41, 5.74) is 9.42. The number of nitrogens with zero attached hydrogens (tertiary/aromatic N) is 6. The minimum absolute atomic E-state index is 0.767. The fraction of sp³-hybridized carbons (Fsp3) is 0. The standard InChI is InChI=1S/C35H24N6/c1-4-30(22-36-19-1)25-7-11-28(12-8-25)34-39-40-35(29-13-9-26(10-14-29)31-5-2-20-37-23-31)41(34)33-17-15-27(16-18-33)32-6-3-21-38-24-32/h1-24H. The van der Waals surface area contributed by atoms with Gasteiger partial charge in [0.2, 0.25) is 0 Å². The Bertz CT molecular complexity index is 1780. The molecule has 0 aliphatic rings. The summed E-state index contributed by atoms with van der Waals surface area (Å²) in [5, 5.41) is 9.37. The van der Waals surface area contributed by atoms with E-state index < -0.39 is 0 Å². The van der Waals surface area contributed by atoms with Gasteiger partial charge >= 0.3 is 0 Å². The summed E-state index contributed by atoms with van der Waals surface area (Å²) in [6.07, 6.45) is 11.0. The number of pyridine rings is 3. The van der Waals surface area contributed by atoms with Crippen molar-refractivity contribution in [2.75, 3.05) is 0 Å². The van der Waals surface area contributed by atoms with Crippen LogP contribution in [-0.2, 0) is 0 Å². The molecule has 6 heteroatoms. The van der Waals surface area contributed by atoms with Crippen LogP contribution in [0.15, 0.2) is 146 Å². The van der Waals surface area contributed by atoms with Gasteiger partial charge in [0, 0.05) is 54.0 Å². The Morgan fingerprint density at radius 1 is 0.341 bits per heavy atom. The van der Waals surface area contributed by atoms with Crippen LogP contribution in [0, 0.1) is 0 Å². The molecule has 0 saturated carbocycles. The summed E-state index contributed by atoms with van der Waals surface area (Å²) in [6.45, 7) is 0. The van der Waals surface area contributed by atoms with Crippen molar-refractivity contribution >= 4 is 0 Å². The summed E-state index contributed by atoms with van der Waals surface area (Å²) < 4.78 is 2.12. The van der Waals surface area contributed by atoms with Gasteiger partial charge in [0.15, 0.2) is 11.6 Å². The second-order valence-corrected chi connectivity index (χ2v) is 9.61. The first-order chi connectivity index (χ1) is 20.3. The highest BCUT2D eigenvalue weighted by molar-refractivity contribution is 5.73. The molecule has 0 aliphatic carbocycles. The largest absolute Gasteiger partial charge is 0.275 e. The minimum atomic E-state index is 0.767.